The second-order valence-electron chi connectivity index (χ2n) is 6.60. The van der Waals surface area contributed by atoms with Gasteiger partial charge in [0.25, 0.3) is 15.9 Å². The van der Waals surface area contributed by atoms with E-state index in [0.717, 1.165) is 0 Å². The van der Waals surface area contributed by atoms with Crippen molar-refractivity contribution in [1.82, 2.24) is 9.62 Å². The van der Waals surface area contributed by atoms with E-state index in [9.17, 15) is 18.0 Å². The van der Waals surface area contributed by atoms with E-state index in [4.69, 9.17) is 4.74 Å². The van der Waals surface area contributed by atoms with Gasteiger partial charge in [-0.05, 0) is 30.2 Å². The second kappa shape index (κ2) is 9.06. The molecule has 0 aromatic heterocycles. The fourth-order valence-electron chi connectivity index (χ4n) is 3.27. The molecule has 1 heterocycles. The van der Waals surface area contributed by atoms with Crippen molar-refractivity contribution in [2.75, 3.05) is 13.2 Å². The molecule has 1 N–H and O–H groups in total. The van der Waals surface area contributed by atoms with Crippen LogP contribution in [0.1, 0.15) is 24.9 Å². The monoisotopic (exact) mass is 480 g/mol. The van der Waals surface area contributed by atoms with Gasteiger partial charge < -0.3 is 9.64 Å². The van der Waals surface area contributed by atoms with E-state index in [-0.39, 0.29) is 17.4 Å². The summed E-state index contributed by atoms with van der Waals surface area (Å²) < 4.78 is 33.5. The number of morpholine rings is 1. The molecule has 0 bridgehead atoms. The smallest absolute Gasteiger partial charge is 0.265 e. The first-order chi connectivity index (χ1) is 13.8. The molecular weight excluding hydrogens is 460 g/mol. The van der Waals surface area contributed by atoms with Crippen molar-refractivity contribution in [2.24, 2.45) is 0 Å². The topological polar surface area (TPSA) is 92.8 Å². The highest BCUT2D eigenvalue weighted by atomic mass is 79.9. The molecule has 0 aliphatic carbocycles. The average Bonchev–Trinajstić information content (AvgIpc) is 2.70. The van der Waals surface area contributed by atoms with Crippen LogP contribution < -0.4 is 4.72 Å². The van der Waals surface area contributed by atoms with Crippen LogP contribution in [0.4, 0.5) is 0 Å². The van der Waals surface area contributed by atoms with Crippen LogP contribution in [0.25, 0.3) is 0 Å². The minimum Gasteiger partial charge on any atom is -0.356 e. The van der Waals surface area contributed by atoms with Gasteiger partial charge in [0.1, 0.15) is 6.61 Å². The molecule has 29 heavy (non-hydrogen) atoms. The van der Waals surface area contributed by atoms with Crippen LogP contribution >= 0.6 is 15.9 Å². The van der Waals surface area contributed by atoms with Crippen LogP contribution in [0.3, 0.4) is 0 Å². The van der Waals surface area contributed by atoms with Gasteiger partial charge in [-0.2, -0.15) is 0 Å². The Labute approximate surface area is 178 Å². The average molecular weight is 481 g/mol. The Hall–Kier alpha value is -2.23. The number of amides is 2. The lowest BCUT2D eigenvalue weighted by Crippen LogP contribution is -2.55. The zero-order chi connectivity index (χ0) is 21.0. The zero-order valence-electron chi connectivity index (χ0n) is 15.7. The number of hydrogen-bond acceptors (Lipinski definition) is 5. The van der Waals surface area contributed by atoms with E-state index in [1.807, 2.05) is 13.0 Å². The van der Waals surface area contributed by atoms with Crippen LogP contribution in [-0.2, 0) is 24.3 Å². The summed E-state index contributed by atoms with van der Waals surface area (Å²) in [6.07, 6.45) is -0.455. The van der Waals surface area contributed by atoms with Crippen molar-refractivity contribution in [1.29, 1.82) is 0 Å². The molecule has 0 spiro atoms. The molecule has 0 saturated carbocycles. The van der Waals surface area contributed by atoms with E-state index in [1.165, 1.54) is 12.1 Å². The van der Waals surface area contributed by atoms with Crippen LogP contribution in [0.2, 0.25) is 0 Å². The quantitative estimate of drug-likeness (QED) is 0.685. The standard InChI is InChI=1S/C20H21BrN2O5S/c1-2-11-23-17(24)13-28-19(18(23)14-7-4-3-5-8-14)20(25)22-29(26,27)16-10-6-9-15(21)12-16/h3-10,12,18-19H,2,11,13H2,1H3,(H,22,25)/t18-,19-/m1/s1. The minimum atomic E-state index is -4.09. The molecule has 1 saturated heterocycles. The molecule has 2 amide bonds. The molecule has 2 atom stereocenters. The Morgan fingerprint density at radius 2 is 1.93 bits per heavy atom. The number of sulfonamides is 1. The van der Waals surface area contributed by atoms with Crippen LogP contribution in [0.15, 0.2) is 64.0 Å². The summed E-state index contributed by atoms with van der Waals surface area (Å²) in [5.74, 6) is -1.05. The SMILES string of the molecule is CCCN1C(=O)CO[C@@H](C(=O)NS(=O)(=O)c2cccc(Br)c2)[C@H]1c1ccccc1. The van der Waals surface area contributed by atoms with Gasteiger partial charge >= 0.3 is 0 Å². The lowest BCUT2D eigenvalue weighted by Gasteiger charge is -2.40. The number of carbonyl (C=O) groups is 2. The number of hydrogen-bond donors (Lipinski definition) is 1. The van der Waals surface area contributed by atoms with Gasteiger partial charge in [-0.3, -0.25) is 9.59 Å². The summed E-state index contributed by atoms with van der Waals surface area (Å²) >= 11 is 3.22. The van der Waals surface area contributed by atoms with Crippen LogP contribution in [0, 0.1) is 0 Å². The van der Waals surface area contributed by atoms with Gasteiger partial charge in [-0.1, -0.05) is 59.3 Å². The molecule has 1 fully saturated rings. The molecule has 0 unspecified atom stereocenters. The Balaban J connectivity index is 1.92. The lowest BCUT2D eigenvalue weighted by atomic mass is 9.97. The molecule has 0 radical (unpaired) electrons. The molecule has 2 aromatic carbocycles. The molecular formula is C20H21BrN2O5S. The highest BCUT2D eigenvalue weighted by molar-refractivity contribution is 9.10. The second-order valence-corrected chi connectivity index (χ2v) is 9.20. The minimum absolute atomic E-state index is 0.0474. The number of rotatable bonds is 6. The fraction of sp³-hybridized carbons (Fsp3) is 0.300. The maximum atomic E-state index is 12.9. The summed E-state index contributed by atoms with van der Waals surface area (Å²) in [5, 5.41) is 0. The molecule has 7 nitrogen and oxygen atoms in total. The third-order valence-corrected chi connectivity index (χ3v) is 6.37. The molecule has 154 valence electrons. The first-order valence-electron chi connectivity index (χ1n) is 9.11. The largest absolute Gasteiger partial charge is 0.356 e. The van der Waals surface area contributed by atoms with E-state index in [2.05, 4.69) is 20.7 Å². The Morgan fingerprint density at radius 3 is 2.59 bits per heavy atom. The molecule has 2 aromatic rings. The normalized spacial score (nSPS) is 19.8. The molecule has 3 rings (SSSR count). The molecule has 1 aliphatic heterocycles. The number of benzene rings is 2. The van der Waals surface area contributed by atoms with E-state index in [1.54, 1.807) is 41.3 Å². The first kappa shape index (κ1) is 21.5. The van der Waals surface area contributed by atoms with Crippen molar-refractivity contribution >= 4 is 37.8 Å². The number of nitrogens with one attached hydrogen (secondary N) is 1. The van der Waals surface area contributed by atoms with Crippen molar-refractivity contribution in [3.05, 3.63) is 64.6 Å². The molecule has 9 heteroatoms. The summed E-state index contributed by atoms with van der Waals surface area (Å²) in [6.45, 7) is 2.08. The predicted molar refractivity (Wildman–Crippen MR) is 110 cm³/mol. The highest BCUT2D eigenvalue weighted by Crippen LogP contribution is 2.31. The van der Waals surface area contributed by atoms with E-state index < -0.39 is 28.1 Å². The van der Waals surface area contributed by atoms with Crippen molar-refractivity contribution in [3.8, 4) is 0 Å². The Bertz CT molecular complexity index is 997. The zero-order valence-corrected chi connectivity index (χ0v) is 18.1. The number of halogens is 1. The summed E-state index contributed by atoms with van der Waals surface area (Å²) in [4.78, 5) is 26.9. The molecule has 1 aliphatic rings. The fourth-order valence-corrected chi connectivity index (χ4v) is 4.86. The van der Waals surface area contributed by atoms with Gasteiger partial charge in [-0.15, -0.1) is 0 Å². The van der Waals surface area contributed by atoms with Crippen molar-refractivity contribution < 1.29 is 22.7 Å². The summed E-state index contributed by atoms with van der Waals surface area (Å²) in [7, 11) is -4.09. The number of nitrogens with zero attached hydrogens (tertiary/aromatic N) is 1. The van der Waals surface area contributed by atoms with E-state index in [0.29, 0.717) is 23.0 Å². The maximum absolute atomic E-state index is 12.9. The maximum Gasteiger partial charge on any atom is 0.265 e. The van der Waals surface area contributed by atoms with Gasteiger partial charge in [0, 0.05) is 11.0 Å². The highest BCUT2D eigenvalue weighted by Gasteiger charge is 2.42. The van der Waals surface area contributed by atoms with Gasteiger partial charge in [0.05, 0.1) is 10.9 Å². The number of carbonyl (C=O) groups excluding carboxylic acids is 2. The van der Waals surface area contributed by atoms with Crippen LogP contribution in [0.5, 0.6) is 0 Å². The van der Waals surface area contributed by atoms with Crippen LogP contribution in [-0.4, -0.2) is 44.4 Å². The summed E-state index contributed by atoms with van der Waals surface area (Å²) in [5.41, 5.74) is 0.703. The summed E-state index contributed by atoms with van der Waals surface area (Å²) in [6, 6.07) is 14.3. The van der Waals surface area contributed by atoms with Crippen molar-refractivity contribution in [3.63, 3.8) is 0 Å². The Kier molecular flexibility index (Phi) is 6.71. The third-order valence-electron chi connectivity index (χ3n) is 4.53. The van der Waals surface area contributed by atoms with E-state index >= 15 is 0 Å². The number of ether oxygens (including phenoxy) is 1. The predicted octanol–water partition coefficient (Wildman–Crippen LogP) is 2.63. The first-order valence-corrected chi connectivity index (χ1v) is 11.4. The van der Waals surface area contributed by atoms with Crippen molar-refractivity contribution in [2.45, 2.75) is 30.4 Å². The lowest BCUT2D eigenvalue weighted by molar-refractivity contribution is -0.163. The van der Waals surface area contributed by atoms with Gasteiger partial charge in [0.2, 0.25) is 5.91 Å². The van der Waals surface area contributed by atoms with Gasteiger partial charge in [-0.25, -0.2) is 13.1 Å². The van der Waals surface area contributed by atoms with Gasteiger partial charge in [0.15, 0.2) is 6.10 Å². The third kappa shape index (κ3) is 4.85. The Morgan fingerprint density at radius 1 is 1.21 bits per heavy atom.